The van der Waals surface area contributed by atoms with Crippen molar-refractivity contribution in [3.8, 4) is 23.0 Å². The van der Waals surface area contributed by atoms with Gasteiger partial charge >= 0.3 is 0 Å². The molecule has 0 bridgehead atoms. The topological polar surface area (TPSA) is 36.9 Å². The smallest absolute Gasteiger partial charge is 0.126 e. The first-order chi connectivity index (χ1) is 39.6. The highest BCUT2D eigenvalue weighted by Crippen LogP contribution is 2.62. The Labute approximate surface area is 525 Å². The second-order valence-electron chi connectivity index (χ2n) is 33.0. The molecule has 0 fully saturated rings. The third-order valence-corrected chi connectivity index (χ3v) is 22.7. The van der Waals surface area contributed by atoms with Crippen molar-refractivity contribution in [3.05, 3.63) is 188 Å². The van der Waals surface area contributed by atoms with Gasteiger partial charge in [-0.15, -0.1) is 0 Å². The summed E-state index contributed by atoms with van der Waals surface area (Å²) in [6.07, 6.45) is 29.4. The van der Waals surface area contributed by atoms with Gasteiger partial charge in [0.1, 0.15) is 23.0 Å². The molecule has 4 aromatic carbocycles. The molecule has 0 amide bonds. The molecule has 6 heteroatoms. The molecule has 0 aromatic heterocycles. The number of hydrogen-bond acceptors (Lipinski definition) is 4. The Hall–Kier alpha value is -5.14. The molecule has 8 rings (SSSR count). The van der Waals surface area contributed by atoms with Crippen LogP contribution in [0.2, 0.25) is 0 Å². The van der Waals surface area contributed by atoms with Crippen molar-refractivity contribution in [2.24, 2.45) is 23.7 Å². The van der Waals surface area contributed by atoms with Crippen LogP contribution in [0.3, 0.4) is 0 Å². The standard InChI is InChI=1S/C80H108O4P2/c1-73(2,3)57-41-51(42-58(69(57)81-25)74(4,5)6)85(52-43-59(75(7,8)9)70(82-26)60(44-52)76(10,11)12)65-39-37-49-33-29-31-35-55(49)67(65)68-56-36-32-30-34-50(56)38-40-66(68)86(53-45-61(77(13,14)15)71(83-27)62(46-53)78(16,17)18)54-47-63(79(19,20)21)72(84-28)64(48-54)80(22,23)24/h29-50,55-56H,1-28H3. The summed E-state index contributed by atoms with van der Waals surface area (Å²) in [7, 11) is 4.82. The molecule has 0 heterocycles. The van der Waals surface area contributed by atoms with E-state index in [-0.39, 0.29) is 67.0 Å². The van der Waals surface area contributed by atoms with Crippen LogP contribution in [0.5, 0.6) is 23.0 Å². The van der Waals surface area contributed by atoms with Crippen LogP contribution >= 0.6 is 15.8 Å². The van der Waals surface area contributed by atoms with Gasteiger partial charge in [0.2, 0.25) is 0 Å². The minimum Gasteiger partial charge on any atom is -0.496 e. The van der Waals surface area contributed by atoms with Crippen molar-refractivity contribution in [2.75, 3.05) is 28.4 Å². The molecule has 0 saturated heterocycles. The highest BCUT2D eigenvalue weighted by Gasteiger charge is 2.43. The van der Waals surface area contributed by atoms with E-state index in [1.807, 2.05) is 28.4 Å². The van der Waals surface area contributed by atoms with Crippen molar-refractivity contribution < 1.29 is 18.9 Å². The van der Waals surface area contributed by atoms with Crippen molar-refractivity contribution in [1.29, 1.82) is 0 Å². The van der Waals surface area contributed by atoms with Crippen molar-refractivity contribution >= 4 is 37.1 Å². The fraction of sp³-hybridized carbons (Fsp3) is 0.500. The van der Waals surface area contributed by atoms with Gasteiger partial charge in [0, 0.05) is 68.2 Å². The number of rotatable bonds is 11. The number of allylic oxidation sites excluding steroid dienone is 16. The van der Waals surface area contributed by atoms with E-state index in [2.05, 4.69) is 288 Å². The Kier molecular flexibility index (Phi) is 18.4. The summed E-state index contributed by atoms with van der Waals surface area (Å²) in [6.45, 7) is 56.4. The summed E-state index contributed by atoms with van der Waals surface area (Å²) in [4.78, 5) is 0. The van der Waals surface area contributed by atoms with E-state index in [9.17, 15) is 0 Å². The van der Waals surface area contributed by atoms with Crippen LogP contribution in [0.4, 0.5) is 0 Å². The summed E-state index contributed by atoms with van der Waals surface area (Å²) in [5, 5.41) is 8.12. The Balaban J connectivity index is 1.71. The second-order valence-corrected chi connectivity index (χ2v) is 37.4. The average Bonchev–Trinajstić information content (AvgIpc) is 0.739. The molecule has 4 atom stereocenters. The van der Waals surface area contributed by atoms with Gasteiger partial charge in [0.15, 0.2) is 0 Å². The predicted octanol–water partition coefficient (Wildman–Crippen LogP) is 20.0. The zero-order valence-electron chi connectivity index (χ0n) is 58.4. The SMILES string of the molecule is COc1c(C(C)(C)C)cc(P(C2=C(C3=C(P(c4cc(C(C)(C)C)c(OC)c(C(C)(C)C)c4)c4cc(C(C)(C)C)c(OC)c(C(C)(C)C)c4)C=CC4C=CC=CC34)C3C=CC=CC3C=C2)c2cc(C(C)(C)C)c(OC)c(C(C)(C)C)c2)cc1C(C)(C)C. The fourth-order valence-electron chi connectivity index (χ4n) is 13.3. The molecule has 462 valence electrons. The van der Waals surface area contributed by atoms with E-state index in [1.165, 1.54) is 87.5 Å². The summed E-state index contributed by atoms with van der Waals surface area (Å²) >= 11 is 0. The first-order valence-corrected chi connectivity index (χ1v) is 34.3. The van der Waals surface area contributed by atoms with Gasteiger partial charge in [0.25, 0.3) is 0 Å². The summed E-state index contributed by atoms with van der Waals surface area (Å²) in [5.41, 5.74) is 10.9. The molecule has 0 saturated carbocycles. The maximum atomic E-state index is 6.60. The molecule has 4 aromatic rings. The van der Waals surface area contributed by atoms with Crippen LogP contribution in [0.15, 0.2) is 143 Å². The van der Waals surface area contributed by atoms with E-state index in [0.717, 1.165) is 23.0 Å². The maximum absolute atomic E-state index is 6.60. The minimum absolute atomic E-state index is 0.0560. The number of methoxy groups -OCH3 is 4. The number of fused-ring (bicyclic) bond motifs is 2. The zero-order valence-corrected chi connectivity index (χ0v) is 60.2. The first-order valence-electron chi connectivity index (χ1n) is 31.6. The molecule has 4 aliphatic carbocycles. The molecule has 0 radical (unpaired) electrons. The molecule has 86 heavy (non-hydrogen) atoms. The third kappa shape index (κ3) is 13.1. The van der Waals surface area contributed by atoms with Crippen molar-refractivity contribution in [1.82, 2.24) is 0 Å². The van der Waals surface area contributed by atoms with Crippen LogP contribution in [0.1, 0.15) is 211 Å². The maximum Gasteiger partial charge on any atom is 0.126 e. The van der Waals surface area contributed by atoms with Gasteiger partial charge in [-0.3, -0.25) is 0 Å². The first kappa shape index (κ1) is 66.8. The van der Waals surface area contributed by atoms with Crippen LogP contribution < -0.4 is 40.2 Å². The van der Waals surface area contributed by atoms with Crippen LogP contribution in [0.25, 0.3) is 0 Å². The molecule has 4 aliphatic rings. The van der Waals surface area contributed by atoms with E-state index in [0.29, 0.717) is 0 Å². The van der Waals surface area contributed by atoms with E-state index < -0.39 is 15.8 Å². The Morgan fingerprint density at radius 2 is 0.453 bits per heavy atom. The lowest BCUT2D eigenvalue weighted by atomic mass is 9.69. The van der Waals surface area contributed by atoms with E-state index in [1.54, 1.807) is 0 Å². The highest BCUT2D eigenvalue weighted by molar-refractivity contribution is 7.77. The van der Waals surface area contributed by atoms with E-state index in [4.69, 9.17) is 18.9 Å². The van der Waals surface area contributed by atoms with Gasteiger partial charge in [-0.05, 0) is 151 Å². The van der Waals surface area contributed by atoms with Gasteiger partial charge < -0.3 is 18.9 Å². The summed E-state index contributed by atoms with van der Waals surface area (Å²) < 4.78 is 26.4. The largest absolute Gasteiger partial charge is 0.496 e. The van der Waals surface area contributed by atoms with Crippen molar-refractivity contribution in [2.45, 2.75) is 209 Å². The highest BCUT2D eigenvalue weighted by atomic mass is 31.1. The Morgan fingerprint density at radius 3 is 0.628 bits per heavy atom. The molecule has 4 unspecified atom stereocenters. The van der Waals surface area contributed by atoms with Crippen LogP contribution in [-0.4, -0.2) is 28.4 Å². The molecule has 0 N–H and O–H groups in total. The quantitative estimate of drug-likeness (QED) is 0.140. The normalized spacial score (nSPS) is 19.5. The van der Waals surface area contributed by atoms with Crippen LogP contribution in [-0.2, 0) is 43.3 Å². The third-order valence-electron chi connectivity index (χ3n) is 17.9. The molecule has 4 nitrogen and oxygen atoms in total. The molecule has 0 aliphatic heterocycles. The lowest BCUT2D eigenvalue weighted by Gasteiger charge is -2.42. The number of benzene rings is 4. The number of hydrogen-bond donors (Lipinski definition) is 0. The van der Waals surface area contributed by atoms with Gasteiger partial charge in [-0.1, -0.05) is 239 Å². The molecule has 0 spiro atoms. The minimum atomic E-state index is -1.32. The summed E-state index contributed by atoms with van der Waals surface area (Å²) in [6, 6.07) is 20.4. The average molecular weight is 1200 g/mol. The van der Waals surface area contributed by atoms with Gasteiger partial charge in [-0.2, -0.15) is 0 Å². The number of ether oxygens (including phenoxy) is 4. The van der Waals surface area contributed by atoms with Crippen LogP contribution in [0, 0.1) is 23.7 Å². The van der Waals surface area contributed by atoms with Gasteiger partial charge in [-0.25, -0.2) is 0 Å². The lowest BCUT2D eigenvalue weighted by molar-refractivity contribution is 0.381. The predicted molar refractivity (Wildman–Crippen MR) is 377 cm³/mol. The molecular formula is C80H108O4P2. The van der Waals surface area contributed by atoms with E-state index >= 15 is 0 Å². The zero-order chi connectivity index (χ0) is 64.0. The molecular weight excluding hydrogens is 1090 g/mol. The lowest BCUT2D eigenvalue weighted by Crippen LogP contribution is -2.31. The Morgan fingerprint density at radius 1 is 0.267 bits per heavy atom. The van der Waals surface area contributed by atoms with Gasteiger partial charge in [0.05, 0.1) is 28.4 Å². The summed E-state index contributed by atoms with van der Waals surface area (Å²) in [5.74, 6) is 4.37. The van der Waals surface area contributed by atoms with Crippen molar-refractivity contribution in [3.63, 3.8) is 0 Å². The monoisotopic (exact) mass is 1190 g/mol. The fourth-order valence-corrected chi connectivity index (χ4v) is 18.6. The second kappa shape index (κ2) is 23.7. The Bertz CT molecular complexity index is 2970.